The Labute approximate surface area is 279 Å². The normalized spacial score (nSPS) is 29.9. The van der Waals surface area contributed by atoms with Crippen molar-refractivity contribution in [3.63, 3.8) is 0 Å². The minimum Gasteiger partial charge on any atom is -0.462 e. The molecule has 1 saturated heterocycles. The van der Waals surface area contributed by atoms with Crippen LogP contribution in [0.1, 0.15) is 120 Å². The molecule has 7 atom stereocenters. The van der Waals surface area contributed by atoms with Gasteiger partial charge in [-0.05, 0) is 85.3 Å². The third-order valence-electron chi connectivity index (χ3n) is 11.9. The summed E-state index contributed by atoms with van der Waals surface area (Å²) in [6.45, 7) is 30.8. The topological polar surface area (TPSA) is 54.0 Å². The minimum absolute atomic E-state index is 0.0376. The molecule has 0 saturated carbocycles. The van der Waals surface area contributed by atoms with Gasteiger partial charge >= 0.3 is 5.97 Å². The second-order valence-electron chi connectivity index (χ2n) is 17.7. The Morgan fingerprint density at radius 1 is 0.911 bits per heavy atom. The first kappa shape index (κ1) is 38.7. The summed E-state index contributed by atoms with van der Waals surface area (Å²) < 4.78 is 26.7. The van der Waals surface area contributed by atoms with Crippen LogP contribution < -0.4 is 0 Å². The Hall–Kier alpha value is -0.736. The number of rotatable bonds is 14. The standard InChI is InChI=1S/C38H70O5Si2/c1-14-16-28(17-15-2)26-40-34-24-31(42-44(10,11)37(4,5)6)22-29-19-18-27(3)33(36(29)34)21-20-30-23-32(25-35(39)41-30)43-45(12,13)38(7,8)9/h18-19,22,27-28,30-34,36H,14-17,20-21,23-26H2,1-13H3/t27-,30-,31-,32-,33+,34+,36+/m1/s1. The van der Waals surface area contributed by atoms with Crippen molar-refractivity contribution >= 4 is 22.6 Å². The first-order valence-electron chi connectivity index (χ1n) is 18.3. The van der Waals surface area contributed by atoms with Crippen LogP contribution in [0, 0.1) is 23.7 Å². The SMILES string of the molecule is CCCC(CCC)CO[C@H]1C[C@H](O[Si](C)(C)C(C)(C)C)C=C2C=C[C@@H](C)[C@H](CC[C@@H]3C[C@@H](O[Si](C)(C)C(C)(C)C)CC(=O)O3)[C@H]21. The fourth-order valence-electron chi connectivity index (χ4n) is 7.13. The lowest BCUT2D eigenvalue weighted by Crippen LogP contribution is -2.48. The van der Waals surface area contributed by atoms with E-state index in [4.69, 9.17) is 18.3 Å². The molecule has 3 rings (SSSR count). The summed E-state index contributed by atoms with van der Waals surface area (Å²) in [6.07, 6.45) is 16.1. The van der Waals surface area contributed by atoms with Gasteiger partial charge in [0.1, 0.15) is 6.10 Å². The van der Waals surface area contributed by atoms with Crippen LogP contribution >= 0.6 is 0 Å². The van der Waals surface area contributed by atoms with E-state index in [-0.39, 0.29) is 40.5 Å². The van der Waals surface area contributed by atoms with Gasteiger partial charge in [-0.1, -0.05) is 93.4 Å². The Bertz CT molecular complexity index is 1010. The zero-order chi connectivity index (χ0) is 33.8. The molecule has 1 fully saturated rings. The van der Waals surface area contributed by atoms with Crippen LogP contribution in [-0.2, 0) is 23.1 Å². The van der Waals surface area contributed by atoms with Crippen LogP contribution in [0.25, 0.3) is 0 Å². The molecule has 0 radical (unpaired) electrons. The van der Waals surface area contributed by atoms with Gasteiger partial charge in [-0.3, -0.25) is 4.79 Å². The van der Waals surface area contributed by atoms with Crippen LogP contribution in [0.3, 0.4) is 0 Å². The molecule has 45 heavy (non-hydrogen) atoms. The molecule has 2 aliphatic carbocycles. The molecule has 0 spiro atoms. The molecule has 5 nitrogen and oxygen atoms in total. The van der Waals surface area contributed by atoms with Crippen LogP contribution in [0.2, 0.25) is 36.3 Å². The number of hydrogen-bond acceptors (Lipinski definition) is 5. The van der Waals surface area contributed by atoms with E-state index in [1.807, 2.05) is 0 Å². The number of hydrogen-bond donors (Lipinski definition) is 0. The molecule has 0 aromatic carbocycles. The van der Waals surface area contributed by atoms with Crippen molar-refractivity contribution in [2.45, 2.75) is 181 Å². The van der Waals surface area contributed by atoms with E-state index in [2.05, 4.69) is 107 Å². The van der Waals surface area contributed by atoms with Crippen LogP contribution in [-0.4, -0.2) is 53.6 Å². The third-order valence-corrected chi connectivity index (χ3v) is 20.9. The zero-order valence-electron chi connectivity index (χ0n) is 31.5. The Balaban J connectivity index is 1.81. The Kier molecular flexibility index (Phi) is 13.5. The molecule has 0 bridgehead atoms. The van der Waals surface area contributed by atoms with Crippen LogP contribution in [0.5, 0.6) is 0 Å². The summed E-state index contributed by atoms with van der Waals surface area (Å²) in [5.74, 6) is 1.73. The number of carbonyl (C=O) groups excluding carboxylic acids is 1. The molecule has 1 heterocycles. The van der Waals surface area contributed by atoms with Gasteiger partial charge in [0.25, 0.3) is 0 Å². The summed E-state index contributed by atoms with van der Waals surface area (Å²) in [5.41, 5.74) is 1.39. The molecule has 0 N–H and O–H groups in total. The maximum atomic E-state index is 12.8. The molecular formula is C38H70O5Si2. The van der Waals surface area contributed by atoms with E-state index >= 15 is 0 Å². The highest BCUT2D eigenvalue weighted by Crippen LogP contribution is 2.47. The molecule has 7 heteroatoms. The van der Waals surface area contributed by atoms with E-state index in [0.29, 0.717) is 30.1 Å². The van der Waals surface area contributed by atoms with Gasteiger partial charge in [0.15, 0.2) is 16.6 Å². The van der Waals surface area contributed by atoms with Crippen molar-refractivity contribution < 1.29 is 23.1 Å². The predicted octanol–water partition coefficient (Wildman–Crippen LogP) is 10.6. The number of ether oxygens (including phenoxy) is 2. The number of allylic oxidation sites excluding steroid dienone is 2. The van der Waals surface area contributed by atoms with E-state index < -0.39 is 16.6 Å². The summed E-state index contributed by atoms with van der Waals surface area (Å²) in [4.78, 5) is 12.8. The Morgan fingerprint density at radius 2 is 1.51 bits per heavy atom. The van der Waals surface area contributed by atoms with E-state index in [9.17, 15) is 4.79 Å². The highest BCUT2D eigenvalue weighted by Gasteiger charge is 2.46. The molecule has 0 aromatic heterocycles. The quantitative estimate of drug-likeness (QED) is 0.137. The van der Waals surface area contributed by atoms with Crippen molar-refractivity contribution in [1.29, 1.82) is 0 Å². The van der Waals surface area contributed by atoms with Crippen LogP contribution in [0.4, 0.5) is 0 Å². The van der Waals surface area contributed by atoms with Gasteiger partial charge in [0.2, 0.25) is 0 Å². The van der Waals surface area contributed by atoms with Crippen molar-refractivity contribution in [3.05, 3.63) is 23.8 Å². The fourth-order valence-corrected chi connectivity index (χ4v) is 9.77. The maximum Gasteiger partial charge on any atom is 0.308 e. The number of fused-ring (bicyclic) bond motifs is 1. The minimum atomic E-state index is -1.97. The molecule has 0 aromatic rings. The monoisotopic (exact) mass is 662 g/mol. The zero-order valence-corrected chi connectivity index (χ0v) is 33.5. The van der Waals surface area contributed by atoms with E-state index in [1.165, 1.54) is 31.3 Å². The maximum absolute atomic E-state index is 12.8. The fraction of sp³-hybridized carbons (Fsp3) is 0.868. The molecular weight excluding hydrogens is 593 g/mol. The molecule has 0 unspecified atom stereocenters. The second kappa shape index (κ2) is 15.7. The average molecular weight is 663 g/mol. The van der Waals surface area contributed by atoms with Crippen molar-refractivity contribution in [1.82, 2.24) is 0 Å². The lowest BCUT2D eigenvalue weighted by atomic mass is 9.66. The summed E-state index contributed by atoms with van der Waals surface area (Å²) in [7, 11) is -3.91. The van der Waals surface area contributed by atoms with Gasteiger partial charge in [0, 0.05) is 25.4 Å². The second-order valence-corrected chi connectivity index (χ2v) is 27.2. The summed E-state index contributed by atoms with van der Waals surface area (Å²) in [5, 5.41) is 0.279. The lowest BCUT2D eigenvalue weighted by Gasteiger charge is -2.46. The summed E-state index contributed by atoms with van der Waals surface area (Å²) >= 11 is 0. The van der Waals surface area contributed by atoms with Gasteiger partial charge < -0.3 is 18.3 Å². The largest absolute Gasteiger partial charge is 0.462 e. The summed E-state index contributed by atoms with van der Waals surface area (Å²) in [6, 6.07) is 0. The highest BCUT2D eigenvalue weighted by molar-refractivity contribution is 6.74. The number of carbonyl (C=O) groups is 1. The smallest absolute Gasteiger partial charge is 0.308 e. The highest BCUT2D eigenvalue weighted by atomic mass is 28.4. The molecule has 1 aliphatic heterocycles. The Morgan fingerprint density at radius 3 is 2.09 bits per heavy atom. The van der Waals surface area contributed by atoms with Gasteiger partial charge in [-0.25, -0.2) is 0 Å². The van der Waals surface area contributed by atoms with Gasteiger partial charge in [0.05, 0.1) is 24.7 Å². The molecule has 260 valence electrons. The van der Waals surface area contributed by atoms with Crippen molar-refractivity contribution in [3.8, 4) is 0 Å². The first-order chi connectivity index (χ1) is 20.8. The van der Waals surface area contributed by atoms with Gasteiger partial charge in [-0.15, -0.1) is 0 Å². The van der Waals surface area contributed by atoms with Crippen LogP contribution in [0.15, 0.2) is 23.8 Å². The van der Waals surface area contributed by atoms with Crippen molar-refractivity contribution in [2.24, 2.45) is 23.7 Å². The molecule has 0 amide bonds. The molecule has 3 aliphatic rings. The average Bonchev–Trinajstić information content (AvgIpc) is 2.89. The van der Waals surface area contributed by atoms with E-state index in [0.717, 1.165) is 32.3 Å². The first-order valence-corrected chi connectivity index (χ1v) is 24.2. The number of cyclic esters (lactones) is 1. The predicted molar refractivity (Wildman–Crippen MR) is 194 cm³/mol. The van der Waals surface area contributed by atoms with E-state index in [1.54, 1.807) is 0 Å². The van der Waals surface area contributed by atoms with Crippen molar-refractivity contribution in [2.75, 3.05) is 6.61 Å². The third kappa shape index (κ3) is 10.4. The van der Waals surface area contributed by atoms with Gasteiger partial charge in [-0.2, -0.15) is 0 Å². The number of esters is 1. The lowest BCUT2D eigenvalue weighted by molar-refractivity contribution is -0.160.